The average molecular weight is 558 g/mol. The molecule has 0 fully saturated rings. The van der Waals surface area contributed by atoms with Gasteiger partial charge in [-0.05, 0) is 35.4 Å². The molecule has 0 aliphatic rings. The molecule has 0 aliphatic carbocycles. The van der Waals surface area contributed by atoms with Crippen LogP contribution < -0.4 is 20.1 Å². The number of nitrogens with zero attached hydrogens (tertiary/aromatic N) is 4. The number of ether oxygens (including phenoxy) is 2. The number of halogens is 1. The van der Waals surface area contributed by atoms with Gasteiger partial charge in [0.05, 0.1) is 13.7 Å². The zero-order chi connectivity index (χ0) is 22.2. The molecule has 2 aromatic heterocycles. The second-order valence-corrected chi connectivity index (χ2v) is 7.08. The number of hydrogen-bond donors (Lipinski definition) is 2. The van der Waals surface area contributed by atoms with Gasteiger partial charge in [0.15, 0.2) is 28.9 Å². The first-order valence-electron chi connectivity index (χ1n) is 10.3. The molecule has 0 unspecified atom stereocenters. The van der Waals surface area contributed by atoms with Crippen LogP contribution in [0.1, 0.15) is 17.0 Å². The molecule has 33 heavy (non-hydrogen) atoms. The summed E-state index contributed by atoms with van der Waals surface area (Å²) in [7, 11) is 3.38. The molecule has 172 valence electrons. The van der Waals surface area contributed by atoms with Crippen molar-refractivity contribution in [3.05, 3.63) is 89.9 Å². The predicted molar refractivity (Wildman–Crippen MR) is 139 cm³/mol. The Hall–Kier alpha value is -3.34. The summed E-state index contributed by atoms with van der Waals surface area (Å²) in [5, 5.41) is 15.0. The van der Waals surface area contributed by atoms with Gasteiger partial charge in [0.25, 0.3) is 0 Å². The number of aromatic nitrogens is 3. The van der Waals surface area contributed by atoms with E-state index in [0.29, 0.717) is 37.2 Å². The maximum absolute atomic E-state index is 5.93. The van der Waals surface area contributed by atoms with E-state index in [2.05, 4.69) is 25.8 Å². The van der Waals surface area contributed by atoms with Crippen molar-refractivity contribution in [3.8, 4) is 11.5 Å². The van der Waals surface area contributed by atoms with Crippen molar-refractivity contribution in [2.24, 2.45) is 4.99 Å². The van der Waals surface area contributed by atoms with Gasteiger partial charge in [0.2, 0.25) is 0 Å². The largest absolute Gasteiger partial charge is 0.493 e. The Morgan fingerprint density at radius 2 is 1.70 bits per heavy atom. The molecule has 0 saturated heterocycles. The van der Waals surface area contributed by atoms with Gasteiger partial charge in [-0.3, -0.25) is 9.39 Å². The molecule has 0 radical (unpaired) electrons. The summed E-state index contributed by atoms with van der Waals surface area (Å²) in [5.41, 5.74) is 2.97. The summed E-state index contributed by atoms with van der Waals surface area (Å²) in [5.74, 6) is 2.88. The zero-order valence-electron chi connectivity index (χ0n) is 18.6. The van der Waals surface area contributed by atoms with Crippen LogP contribution in [0.15, 0.2) is 77.9 Å². The molecule has 2 N–H and O–H groups in total. The zero-order valence-corrected chi connectivity index (χ0v) is 20.9. The van der Waals surface area contributed by atoms with Gasteiger partial charge in [0.1, 0.15) is 6.61 Å². The van der Waals surface area contributed by atoms with Crippen molar-refractivity contribution < 1.29 is 9.47 Å². The predicted octanol–water partition coefficient (Wildman–Crippen LogP) is 3.80. The molecule has 8 nitrogen and oxygen atoms in total. The van der Waals surface area contributed by atoms with Crippen LogP contribution in [0, 0.1) is 0 Å². The Morgan fingerprint density at radius 1 is 0.909 bits per heavy atom. The van der Waals surface area contributed by atoms with E-state index in [0.717, 1.165) is 22.6 Å². The minimum atomic E-state index is 0. The van der Waals surface area contributed by atoms with Crippen molar-refractivity contribution in [2.75, 3.05) is 14.2 Å². The van der Waals surface area contributed by atoms with Gasteiger partial charge >= 0.3 is 0 Å². The first-order chi connectivity index (χ1) is 15.8. The third kappa shape index (κ3) is 6.35. The number of fused-ring (bicyclic) bond motifs is 1. The van der Waals surface area contributed by atoms with E-state index in [1.165, 1.54) is 0 Å². The molecule has 0 spiro atoms. The number of rotatable bonds is 8. The first-order valence-corrected chi connectivity index (χ1v) is 10.3. The van der Waals surface area contributed by atoms with E-state index >= 15 is 0 Å². The Bertz CT molecular complexity index is 1200. The highest BCUT2D eigenvalue weighted by atomic mass is 127. The normalized spacial score (nSPS) is 11.0. The Kier molecular flexibility index (Phi) is 8.87. The standard InChI is InChI=1S/C24H26N6O2.HI/c1-25-24(27-16-23-29-28-22-10-6-7-13-30(22)23)26-15-19-11-12-20(21(14-19)31-2)32-17-18-8-4-3-5-9-18;/h3-14H,15-17H2,1-2H3,(H2,25,26,27);1H. The molecule has 2 heterocycles. The fraction of sp³-hybridized carbons (Fsp3) is 0.208. The highest BCUT2D eigenvalue weighted by molar-refractivity contribution is 14.0. The second-order valence-electron chi connectivity index (χ2n) is 7.08. The Morgan fingerprint density at radius 3 is 2.48 bits per heavy atom. The van der Waals surface area contributed by atoms with Crippen LogP contribution in [0.2, 0.25) is 0 Å². The number of guanidine groups is 1. The number of methoxy groups -OCH3 is 1. The molecule has 0 aliphatic heterocycles. The second kappa shape index (κ2) is 12.0. The maximum Gasteiger partial charge on any atom is 0.191 e. The molecule has 4 aromatic rings. The number of pyridine rings is 1. The SMILES string of the molecule is CN=C(NCc1ccc(OCc2ccccc2)c(OC)c1)NCc1nnc2ccccn12.I. The van der Waals surface area contributed by atoms with Crippen LogP contribution in [-0.4, -0.2) is 34.7 Å². The van der Waals surface area contributed by atoms with Gasteiger partial charge in [-0.25, -0.2) is 0 Å². The lowest BCUT2D eigenvalue weighted by molar-refractivity contribution is 0.284. The van der Waals surface area contributed by atoms with Crippen molar-refractivity contribution in [2.45, 2.75) is 19.7 Å². The minimum Gasteiger partial charge on any atom is -0.493 e. The summed E-state index contributed by atoms with van der Waals surface area (Å²) in [6.07, 6.45) is 1.94. The number of nitrogens with one attached hydrogen (secondary N) is 2. The monoisotopic (exact) mass is 558 g/mol. The lowest BCUT2D eigenvalue weighted by Gasteiger charge is -2.14. The molecular weight excluding hydrogens is 531 g/mol. The Balaban J connectivity index is 0.00000306. The van der Waals surface area contributed by atoms with E-state index < -0.39 is 0 Å². The van der Waals surface area contributed by atoms with Crippen LogP contribution in [0.3, 0.4) is 0 Å². The summed E-state index contributed by atoms with van der Waals surface area (Å²) in [6, 6.07) is 21.8. The van der Waals surface area contributed by atoms with Crippen LogP contribution in [0.5, 0.6) is 11.5 Å². The summed E-state index contributed by atoms with van der Waals surface area (Å²) in [4.78, 5) is 4.29. The number of aliphatic imine (C=N–C) groups is 1. The van der Waals surface area contributed by atoms with Crippen molar-refractivity contribution in [1.82, 2.24) is 25.2 Å². The highest BCUT2D eigenvalue weighted by Crippen LogP contribution is 2.28. The molecule has 4 rings (SSSR count). The fourth-order valence-corrected chi connectivity index (χ4v) is 3.26. The average Bonchev–Trinajstić information content (AvgIpc) is 3.27. The molecule has 0 saturated carbocycles. The summed E-state index contributed by atoms with van der Waals surface area (Å²) < 4.78 is 13.4. The smallest absolute Gasteiger partial charge is 0.191 e. The molecule has 0 amide bonds. The van der Waals surface area contributed by atoms with E-state index in [1.54, 1.807) is 14.2 Å². The lowest BCUT2D eigenvalue weighted by Crippen LogP contribution is -2.36. The van der Waals surface area contributed by atoms with E-state index in [9.17, 15) is 0 Å². The van der Waals surface area contributed by atoms with Crippen LogP contribution in [0.4, 0.5) is 0 Å². The van der Waals surface area contributed by atoms with E-state index in [1.807, 2.05) is 77.3 Å². The number of benzene rings is 2. The highest BCUT2D eigenvalue weighted by Gasteiger charge is 2.08. The molecule has 2 aromatic carbocycles. The number of hydrogen-bond acceptors (Lipinski definition) is 5. The van der Waals surface area contributed by atoms with Crippen LogP contribution in [-0.2, 0) is 19.7 Å². The van der Waals surface area contributed by atoms with Crippen LogP contribution in [0.25, 0.3) is 5.65 Å². The third-order valence-corrected chi connectivity index (χ3v) is 4.95. The van der Waals surface area contributed by atoms with E-state index in [-0.39, 0.29) is 24.0 Å². The van der Waals surface area contributed by atoms with E-state index in [4.69, 9.17) is 9.47 Å². The quantitative estimate of drug-likeness (QED) is 0.195. The Labute approximate surface area is 210 Å². The van der Waals surface area contributed by atoms with Gasteiger partial charge in [-0.1, -0.05) is 42.5 Å². The molecule has 0 atom stereocenters. The van der Waals surface area contributed by atoms with Crippen LogP contribution >= 0.6 is 24.0 Å². The van der Waals surface area contributed by atoms with Gasteiger partial charge < -0.3 is 20.1 Å². The first kappa shape index (κ1) is 24.3. The summed E-state index contributed by atoms with van der Waals surface area (Å²) >= 11 is 0. The molecule has 0 bridgehead atoms. The maximum atomic E-state index is 5.93. The van der Waals surface area contributed by atoms with Gasteiger partial charge in [-0.2, -0.15) is 0 Å². The topological polar surface area (TPSA) is 85.1 Å². The lowest BCUT2D eigenvalue weighted by atomic mass is 10.2. The van der Waals surface area contributed by atoms with Crippen molar-refractivity contribution >= 4 is 35.6 Å². The molecular formula is C24H27IN6O2. The fourth-order valence-electron chi connectivity index (χ4n) is 3.26. The molecule has 9 heteroatoms. The van der Waals surface area contributed by atoms with Crippen molar-refractivity contribution in [1.29, 1.82) is 0 Å². The minimum absolute atomic E-state index is 0. The third-order valence-electron chi connectivity index (χ3n) is 4.95. The summed E-state index contributed by atoms with van der Waals surface area (Å²) in [6.45, 7) is 1.57. The van der Waals surface area contributed by atoms with Gasteiger partial charge in [-0.15, -0.1) is 34.2 Å². The van der Waals surface area contributed by atoms with Gasteiger partial charge in [0, 0.05) is 19.8 Å². The van der Waals surface area contributed by atoms with Crippen molar-refractivity contribution in [3.63, 3.8) is 0 Å².